The van der Waals surface area contributed by atoms with Gasteiger partial charge in [0.05, 0.1) is 16.4 Å². The zero-order valence-corrected chi connectivity index (χ0v) is 14.8. The third kappa shape index (κ3) is 4.12. The molecule has 0 saturated heterocycles. The summed E-state index contributed by atoms with van der Waals surface area (Å²) in [5.74, 6) is 1.00. The van der Waals surface area contributed by atoms with E-state index < -0.39 is 9.84 Å². The number of nitrogens with one attached hydrogen (secondary N) is 1. The van der Waals surface area contributed by atoms with Crippen LogP contribution in [0.15, 0.2) is 58.3 Å². The van der Waals surface area contributed by atoms with Gasteiger partial charge in [0, 0.05) is 26.3 Å². The predicted molar refractivity (Wildman–Crippen MR) is 93.0 cm³/mol. The van der Waals surface area contributed by atoms with Crippen molar-refractivity contribution in [2.45, 2.75) is 15.9 Å². The second kappa shape index (κ2) is 7.86. The first-order valence-electron chi connectivity index (χ1n) is 8.04. The summed E-state index contributed by atoms with van der Waals surface area (Å²) in [6.45, 7) is 2.34. The van der Waals surface area contributed by atoms with Crippen LogP contribution in [-0.4, -0.2) is 47.9 Å². The van der Waals surface area contributed by atoms with E-state index in [9.17, 15) is 8.42 Å². The zero-order valence-electron chi connectivity index (χ0n) is 14.0. The summed E-state index contributed by atoms with van der Waals surface area (Å²) in [7, 11) is -1.94. The number of ether oxygens (including phenoxy) is 3. The molecule has 3 rings (SSSR count). The molecule has 1 N–H and O–H groups in total. The van der Waals surface area contributed by atoms with Crippen molar-refractivity contribution >= 4 is 9.84 Å². The summed E-state index contributed by atoms with van der Waals surface area (Å²) in [6.07, 6.45) is -0.181. The monoisotopic (exact) mass is 363 g/mol. The maximum Gasteiger partial charge on any atom is 0.206 e. The van der Waals surface area contributed by atoms with Gasteiger partial charge in [0.25, 0.3) is 0 Å². The molecule has 0 fully saturated rings. The standard InChI is InChI=1S/C18H21NO5S/c1-22-10-9-19-12-14-13-23-17-8-7-16(11-18(17)24-14)25(20,21)15-5-3-2-4-6-15/h2-8,11,14,19H,9-10,12-13H2,1H3/t14-/m0/s1. The number of hydrogen-bond acceptors (Lipinski definition) is 6. The Kier molecular flexibility index (Phi) is 5.57. The van der Waals surface area contributed by atoms with Crippen LogP contribution in [0.2, 0.25) is 0 Å². The lowest BCUT2D eigenvalue weighted by Gasteiger charge is -2.27. The topological polar surface area (TPSA) is 73.9 Å². The van der Waals surface area contributed by atoms with Gasteiger partial charge in [0.15, 0.2) is 11.5 Å². The summed E-state index contributed by atoms with van der Waals surface area (Å²) in [5.41, 5.74) is 0. The lowest BCUT2D eigenvalue weighted by molar-refractivity contribution is 0.0880. The van der Waals surface area contributed by atoms with Crippen molar-refractivity contribution in [3.63, 3.8) is 0 Å². The van der Waals surface area contributed by atoms with Crippen LogP contribution < -0.4 is 14.8 Å². The SMILES string of the molecule is COCCNC[C@H]1COc2ccc(S(=O)(=O)c3ccccc3)cc2O1. The van der Waals surface area contributed by atoms with Crippen molar-refractivity contribution in [1.82, 2.24) is 5.32 Å². The number of rotatable bonds is 7. The summed E-state index contributed by atoms with van der Waals surface area (Å²) < 4.78 is 42.0. The van der Waals surface area contributed by atoms with E-state index in [0.29, 0.717) is 37.8 Å². The third-order valence-electron chi connectivity index (χ3n) is 3.85. The largest absolute Gasteiger partial charge is 0.486 e. The van der Waals surface area contributed by atoms with E-state index >= 15 is 0 Å². The lowest BCUT2D eigenvalue weighted by atomic mass is 10.2. The minimum absolute atomic E-state index is 0.181. The van der Waals surface area contributed by atoms with Gasteiger partial charge in [-0.05, 0) is 24.3 Å². The Balaban J connectivity index is 1.76. The Morgan fingerprint density at radius 3 is 2.68 bits per heavy atom. The lowest BCUT2D eigenvalue weighted by Crippen LogP contribution is -2.39. The highest BCUT2D eigenvalue weighted by Gasteiger charge is 2.24. The van der Waals surface area contributed by atoms with E-state index in [4.69, 9.17) is 14.2 Å². The van der Waals surface area contributed by atoms with Crippen LogP contribution in [0, 0.1) is 0 Å². The van der Waals surface area contributed by atoms with E-state index in [2.05, 4.69) is 5.32 Å². The number of benzene rings is 2. The first-order valence-corrected chi connectivity index (χ1v) is 9.53. The Hall–Kier alpha value is -2.09. The molecule has 2 aromatic carbocycles. The van der Waals surface area contributed by atoms with E-state index in [1.165, 1.54) is 6.07 Å². The second-order valence-electron chi connectivity index (χ2n) is 5.67. The maximum atomic E-state index is 12.7. The summed E-state index contributed by atoms with van der Waals surface area (Å²) >= 11 is 0. The maximum absolute atomic E-state index is 12.7. The molecule has 1 aliphatic heterocycles. The van der Waals surface area contributed by atoms with Gasteiger partial charge < -0.3 is 19.5 Å². The van der Waals surface area contributed by atoms with Crippen LogP contribution in [-0.2, 0) is 14.6 Å². The number of hydrogen-bond donors (Lipinski definition) is 1. The molecule has 2 aromatic rings. The highest BCUT2D eigenvalue weighted by molar-refractivity contribution is 7.91. The van der Waals surface area contributed by atoms with Crippen LogP contribution in [0.5, 0.6) is 11.5 Å². The van der Waals surface area contributed by atoms with E-state index in [1.54, 1.807) is 49.6 Å². The van der Waals surface area contributed by atoms with Gasteiger partial charge in [-0.1, -0.05) is 18.2 Å². The molecule has 0 unspecified atom stereocenters. The van der Waals surface area contributed by atoms with Crippen molar-refractivity contribution < 1.29 is 22.6 Å². The van der Waals surface area contributed by atoms with Crippen molar-refractivity contribution in [3.8, 4) is 11.5 Å². The number of methoxy groups -OCH3 is 1. The molecule has 134 valence electrons. The van der Waals surface area contributed by atoms with Gasteiger partial charge in [0.1, 0.15) is 12.7 Å². The average Bonchev–Trinajstić information content (AvgIpc) is 2.65. The Bertz CT molecular complexity index is 807. The Morgan fingerprint density at radius 2 is 1.92 bits per heavy atom. The molecule has 6 nitrogen and oxygen atoms in total. The van der Waals surface area contributed by atoms with E-state index in [1.807, 2.05) is 0 Å². The fraction of sp³-hybridized carbons (Fsp3) is 0.333. The smallest absolute Gasteiger partial charge is 0.206 e. The second-order valence-corrected chi connectivity index (χ2v) is 7.62. The Labute approximate surface area is 147 Å². The van der Waals surface area contributed by atoms with Gasteiger partial charge in [-0.15, -0.1) is 0 Å². The molecule has 0 spiro atoms. The van der Waals surface area contributed by atoms with Crippen molar-refractivity contribution in [2.24, 2.45) is 0 Å². The van der Waals surface area contributed by atoms with Gasteiger partial charge in [-0.25, -0.2) is 8.42 Å². The summed E-state index contributed by atoms with van der Waals surface area (Å²) in [6, 6.07) is 13.0. The zero-order chi connectivity index (χ0) is 17.7. The normalized spacial score (nSPS) is 16.6. The number of sulfone groups is 1. The van der Waals surface area contributed by atoms with Gasteiger partial charge in [0.2, 0.25) is 9.84 Å². The molecule has 1 atom stereocenters. The Morgan fingerprint density at radius 1 is 1.12 bits per heavy atom. The molecule has 7 heteroatoms. The van der Waals surface area contributed by atoms with Crippen molar-refractivity contribution in [3.05, 3.63) is 48.5 Å². The molecular weight excluding hydrogens is 342 g/mol. The minimum Gasteiger partial charge on any atom is -0.486 e. The fourth-order valence-electron chi connectivity index (χ4n) is 2.54. The van der Waals surface area contributed by atoms with Crippen LogP contribution in [0.25, 0.3) is 0 Å². The van der Waals surface area contributed by atoms with E-state index in [0.717, 1.165) is 0 Å². The average molecular weight is 363 g/mol. The van der Waals surface area contributed by atoms with Crippen LogP contribution in [0.3, 0.4) is 0 Å². The summed E-state index contributed by atoms with van der Waals surface area (Å²) in [5, 5.41) is 3.21. The minimum atomic E-state index is -3.58. The fourth-order valence-corrected chi connectivity index (χ4v) is 3.83. The van der Waals surface area contributed by atoms with E-state index in [-0.39, 0.29) is 15.9 Å². The highest BCUT2D eigenvalue weighted by atomic mass is 32.2. The van der Waals surface area contributed by atoms with Crippen molar-refractivity contribution in [2.75, 3.05) is 33.4 Å². The molecule has 0 aliphatic carbocycles. The first kappa shape index (κ1) is 17.7. The number of fused-ring (bicyclic) bond motifs is 1. The predicted octanol–water partition coefficient (Wildman–Crippen LogP) is 1.90. The third-order valence-corrected chi connectivity index (χ3v) is 5.62. The molecule has 0 bridgehead atoms. The van der Waals surface area contributed by atoms with Gasteiger partial charge in [-0.2, -0.15) is 0 Å². The molecule has 0 saturated carbocycles. The molecule has 0 amide bonds. The van der Waals surface area contributed by atoms with Crippen LogP contribution in [0.1, 0.15) is 0 Å². The molecular formula is C18H21NO5S. The summed E-state index contributed by atoms with van der Waals surface area (Å²) in [4.78, 5) is 0.443. The van der Waals surface area contributed by atoms with Crippen LogP contribution >= 0.6 is 0 Å². The molecule has 0 aromatic heterocycles. The quantitative estimate of drug-likeness (QED) is 0.758. The van der Waals surface area contributed by atoms with Gasteiger partial charge >= 0.3 is 0 Å². The first-order chi connectivity index (χ1) is 12.1. The highest BCUT2D eigenvalue weighted by Crippen LogP contribution is 2.35. The molecule has 1 aliphatic rings. The molecule has 1 heterocycles. The van der Waals surface area contributed by atoms with Gasteiger partial charge in [-0.3, -0.25) is 0 Å². The van der Waals surface area contributed by atoms with Crippen LogP contribution in [0.4, 0.5) is 0 Å². The van der Waals surface area contributed by atoms with Crippen molar-refractivity contribution in [1.29, 1.82) is 0 Å². The molecule has 0 radical (unpaired) electrons. The molecule has 25 heavy (non-hydrogen) atoms.